The minimum Gasteiger partial charge on any atom is -0.445 e. The molecule has 24 heteroatoms. The highest BCUT2D eigenvalue weighted by Gasteiger charge is 2.51. The van der Waals surface area contributed by atoms with Gasteiger partial charge in [-0.15, -0.1) is 0 Å². The topological polar surface area (TPSA) is 320 Å². The molecule has 0 spiro atoms. The molecule has 3 unspecified atom stereocenters. The Hall–Kier alpha value is -5.57. The number of aromatic amines is 1. The average Bonchev–Trinajstić information content (AvgIpc) is 3.93. The highest BCUT2D eigenvalue weighted by atomic mass is 127. The number of nitrogens with one attached hydrogen (secondary N) is 7. The molecular formula is C50H75IN11O12+. The molecule has 10 N–H and O–H groups in total. The molecule has 2 aliphatic heterocycles. The number of anilines is 2. The first-order chi connectivity index (χ1) is 35.1. The number of alkyl halides is 1. The van der Waals surface area contributed by atoms with Crippen LogP contribution in [0.15, 0.2) is 36.9 Å². The van der Waals surface area contributed by atoms with Crippen molar-refractivity contribution in [2.45, 2.75) is 172 Å². The van der Waals surface area contributed by atoms with Crippen molar-refractivity contribution in [1.29, 1.82) is 0 Å². The number of hydrogen-bond donors (Lipinski definition) is 10. The predicted octanol–water partition coefficient (Wildman–Crippen LogP) is 2.63. The van der Waals surface area contributed by atoms with Crippen LogP contribution in [0.3, 0.4) is 0 Å². The van der Waals surface area contributed by atoms with Gasteiger partial charge in [0, 0.05) is 28.5 Å². The van der Waals surface area contributed by atoms with Crippen molar-refractivity contribution in [2.24, 2.45) is 17.8 Å². The summed E-state index contributed by atoms with van der Waals surface area (Å²) in [4.78, 5) is 105. The number of H-pyrrole nitrogens is 1. The molecule has 23 nitrogen and oxygen atoms in total. The fourth-order valence-corrected chi connectivity index (χ4v) is 10.3. The molecule has 408 valence electrons. The zero-order chi connectivity index (χ0) is 54.6. The van der Waals surface area contributed by atoms with Crippen molar-refractivity contribution in [3.05, 3.63) is 42.5 Å². The number of imidazole rings is 1. The van der Waals surface area contributed by atoms with Gasteiger partial charge in [0.1, 0.15) is 43.0 Å². The normalized spacial score (nSPS) is 22.4. The third-order valence-electron chi connectivity index (χ3n) is 13.7. The van der Waals surface area contributed by atoms with Gasteiger partial charge in [-0.2, -0.15) is 4.98 Å². The molecule has 2 fully saturated rings. The third-order valence-corrected chi connectivity index (χ3v) is 16.3. The monoisotopic (exact) mass is 1150 g/mol. The summed E-state index contributed by atoms with van der Waals surface area (Å²) in [6, 6.07) is 2.01. The Morgan fingerprint density at radius 1 is 0.932 bits per heavy atom. The number of benzene rings is 1. The molecule has 2 saturated heterocycles. The third kappa shape index (κ3) is 14.4. The van der Waals surface area contributed by atoms with Gasteiger partial charge in [-0.25, -0.2) is 9.36 Å². The van der Waals surface area contributed by atoms with Gasteiger partial charge in [0.25, 0.3) is 0 Å². The average molecular weight is 1150 g/mol. The molecule has 4 heterocycles. The number of rotatable bonds is 25. The first-order valence-electron chi connectivity index (χ1n) is 25.5. The number of ether oxygens (including phenoxy) is 2. The molecule has 1 aromatic carbocycles. The molecule has 5 rings (SSSR count). The maximum atomic E-state index is 13.4. The van der Waals surface area contributed by atoms with Crippen molar-refractivity contribution in [3.63, 3.8) is 0 Å². The number of carbonyl (C=O) groups excluding carboxylic acids is 7. The minimum absolute atomic E-state index is 0.0957. The molecule has 0 bridgehead atoms. The largest absolute Gasteiger partial charge is 0.445 e. The molecule has 74 heavy (non-hydrogen) atoms. The molecule has 0 saturated carbocycles. The molecule has 2 aliphatic rings. The number of imide groups is 1. The summed E-state index contributed by atoms with van der Waals surface area (Å²) in [5.74, 6) is -3.41. The summed E-state index contributed by atoms with van der Waals surface area (Å²) in [7, 11) is 0. The maximum absolute atomic E-state index is 13.4. The molecule has 7 amide bonds. The fraction of sp³-hybridized carbons (Fsp3) is 0.640. The van der Waals surface area contributed by atoms with Crippen molar-refractivity contribution in [1.82, 2.24) is 41.1 Å². The van der Waals surface area contributed by atoms with Crippen molar-refractivity contribution < 1.29 is 62.9 Å². The predicted molar refractivity (Wildman–Crippen MR) is 280 cm³/mol. The van der Waals surface area contributed by atoms with Crippen LogP contribution in [0, 0.1) is 17.8 Å². The number of aliphatic hydroxyl groups excluding tert-OH is 3. The Balaban J connectivity index is 1.05. The van der Waals surface area contributed by atoms with E-state index in [9.17, 15) is 48.9 Å². The maximum Gasteiger partial charge on any atom is 0.408 e. The lowest BCUT2D eigenvalue weighted by Gasteiger charge is -2.43. The number of hydrogen-bond acceptors (Lipinski definition) is 15. The zero-order valence-electron chi connectivity index (χ0n) is 43.6. The van der Waals surface area contributed by atoms with Crippen LogP contribution in [-0.4, -0.2) is 142 Å². The fourth-order valence-electron chi connectivity index (χ4n) is 9.28. The van der Waals surface area contributed by atoms with E-state index in [1.54, 1.807) is 44.4 Å². The van der Waals surface area contributed by atoms with Gasteiger partial charge >= 0.3 is 11.7 Å². The van der Waals surface area contributed by atoms with Crippen LogP contribution in [0.5, 0.6) is 0 Å². The van der Waals surface area contributed by atoms with E-state index >= 15 is 0 Å². The number of alkyl carbamates (subject to hydrolysis) is 1. The Labute approximate surface area is 445 Å². The van der Waals surface area contributed by atoms with E-state index in [1.807, 2.05) is 25.3 Å². The van der Waals surface area contributed by atoms with Crippen molar-refractivity contribution in [2.75, 3.05) is 23.8 Å². The number of nitrogens with zero attached hydrogens (tertiary/aromatic N) is 4. The summed E-state index contributed by atoms with van der Waals surface area (Å²) < 4.78 is 12.9. The highest BCUT2D eigenvalue weighted by molar-refractivity contribution is 14.1. The van der Waals surface area contributed by atoms with Crippen LogP contribution < -0.4 is 36.5 Å². The highest BCUT2D eigenvalue weighted by Crippen LogP contribution is 2.45. The minimum atomic E-state index is -1.61. The van der Waals surface area contributed by atoms with E-state index in [4.69, 9.17) is 9.47 Å². The van der Waals surface area contributed by atoms with Crippen LogP contribution in [0.2, 0.25) is 0 Å². The molecule has 3 aromatic rings. The Bertz CT molecular complexity index is 2440. The standard InChI is InChI=1S/C50H74IN11O12/c1-10-13-32(12-3)62-25-54-39-42(52-24-53-43(39)62)60-47-41(67)40(66)38(34(22-63)74-47)59-45(69)29(9)56-49(72)73-23-30-14-16-31(17-15-30)57-44(68)28(8)55-46(70)37(26(4)5)58-35(64)18-20-61-36(65)21-33(48(61)71)50(51,19-11-2)27(6)7/h14-17,24-29,32-34,37-38,40-41,47,63,66-67H,10-13,18-23H2,1-9H3,(H6,52,53,55,56,57,58,59,60,64,68,69,70,72)/p+1/t28-,29-,32?,33?,34-,37-,38-,40+,41-,47-,50?/m0/s1. The van der Waals surface area contributed by atoms with E-state index in [-0.39, 0.29) is 59.1 Å². The first-order valence-corrected chi connectivity index (χ1v) is 26.5. The van der Waals surface area contributed by atoms with Gasteiger partial charge in [0.05, 0.1) is 24.6 Å². The lowest BCUT2D eigenvalue weighted by atomic mass is 9.79. The molecular weight excluding hydrogens is 1070 g/mol. The number of fused-ring (bicyclic) bond motifs is 1. The van der Waals surface area contributed by atoms with Gasteiger partial charge in [0.15, 0.2) is 24.7 Å². The number of likely N-dealkylation sites (tertiary alicyclic amines) is 1. The molecule has 0 radical (unpaired) electrons. The second-order valence-electron chi connectivity index (χ2n) is 19.8. The van der Waals surface area contributed by atoms with E-state index in [1.165, 1.54) is 20.2 Å². The van der Waals surface area contributed by atoms with E-state index in [0.29, 0.717) is 28.2 Å². The van der Waals surface area contributed by atoms with Gasteiger partial charge in [-0.3, -0.25) is 38.7 Å². The summed E-state index contributed by atoms with van der Waals surface area (Å²) in [5.41, 5.74) is 2.08. The summed E-state index contributed by atoms with van der Waals surface area (Å²) in [6.45, 7) is 15.7. The lowest BCUT2D eigenvalue weighted by Crippen LogP contribution is -2.67. The number of amides is 7. The van der Waals surface area contributed by atoms with Crippen LogP contribution in [0.25, 0.3) is 11.2 Å². The second kappa shape index (κ2) is 26.8. The first kappa shape index (κ1) is 59.3. The van der Waals surface area contributed by atoms with Gasteiger partial charge in [0.2, 0.25) is 41.0 Å². The molecule has 11 atom stereocenters. The summed E-state index contributed by atoms with van der Waals surface area (Å²) in [6.07, 6.45) is 0.962. The van der Waals surface area contributed by atoms with E-state index in [0.717, 1.165) is 37.0 Å². The Morgan fingerprint density at radius 3 is 2.24 bits per heavy atom. The van der Waals surface area contributed by atoms with Crippen LogP contribution in [0.1, 0.15) is 119 Å². The quantitative estimate of drug-likeness (QED) is 0.0252. The smallest absolute Gasteiger partial charge is 0.408 e. The van der Waals surface area contributed by atoms with Crippen LogP contribution >= 0.6 is 22.6 Å². The van der Waals surface area contributed by atoms with Crippen molar-refractivity contribution in [3.8, 4) is 0 Å². The molecule has 2 aromatic heterocycles. The van der Waals surface area contributed by atoms with Crippen LogP contribution in [0.4, 0.5) is 16.3 Å². The van der Waals surface area contributed by atoms with E-state index in [2.05, 4.69) is 83.3 Å². The van der Waals surface area contributed by atoms with Crippen molar-refractivity contribution >= 4 is 86.8 Å². The summed E-state index contributed by atoms with van der Waals surface area (Å²) >= 11 is 2.32. The molecule has 0 aliphatic carbocycles. The number of aliphatic hydroxyl groups is 3. The number of halogens is 1. The second-order valence-corrected chi connectivity index (χ2v) is 21.8. The lowest BCUT2D eigenvalue weighted by molar-refractivity contribution is -0.701. The van der Waals surface area contributed by atoms with Gasteiger partial charge in [-0.1, -0.05) is 101 Å². The van der Waals surface area contributed by atoms with Gasteiger partial charge < -0.3 is 56.7 Å². The Morgan fingerprint density at radius 2 is 1.62 bits per heavy atom. The number of carbonyl (C=O) groups is 7. The Kier molecular flexibility index (Phi) is 21.5. The van der Waals surface area contributed by atoms with Crippen LogP contribution in [-0.2, 0) is 44.8 Å². The zero-order valence-corrected chi connectivity index (χ0v) is 45.8. The van der Waals surface area contributed by atoms with E-state index < -0.39 is 91.0 Å². The SMILES string of the molecule is CCCC(CC)[n+]1c[nH]c2c(N[C@H]3O[C@@H](CO)[C@H](NC(=O)[C@H](C)NC(=O)OCc4ccc(NC(=O)[C@H](C)NC(=O)[C@@H](NC(=O)CCN5C(=O)CC(C(I)(CCC)C(C)C)C5=O)C(C)C)cc4)[C@@H](O)[C@@H]3O)ncnc21. The summed E-state index contributed by atoms with van der Waals surface area (Å²) in [5, 5.41) is 48.5. The number of aromatic nitrogens is 4. The van der Waals surface area contributed by atoms with Gasteiger partial charge in [-0.05, 0) is 62.6 Å².